The molecule has 0 radical (unpaired) electrons. The monoisotopic (exact) mass is 545 g/mol. The number of likely N-dealkylation sites (tertiary alicyclic amines) is 1. The van der Waals surface area contributed by atoms with Crippen molar-refractivity contribution in [1.82, 2.24) is 10.2 Å². The van der Waals surface area contributed by atoms with Crippen LogP contribution in [-0.4, -0.2) is 70.6 Å². The zero-order valence-corrected chi connectivity index (χ0v) is 20.3. The number of aliphatic imine (C=N–C) groups is 1. The number of ether oxygens (including phenoxy) is 3. The first-order chi connectivity index (χ1) is 13.2. The normalized spacial score (nSPS) is 15.3. The van der Waals surface area contributed by atoms with Gasteiger partial charge in [-0.3, -0.25) is 4.99 Å². The predicted octanol–water partition coefficient (Wildman–Crippen LogP) is 4.08. The molecule has 0 saturated carbocycles. The number of hydrogen-bond acceptors (Lipinski definition) is 4. The fourth-order valence-electron chi connectivity index (χ4n) is 2.94. The molecule has 9 heteroatoms. The minimum atomic E-state index is 0. The van der Waals surface area contributed by atoms with E-state index in [1.165, 1.54) is 0 Å². The van der Waals surface area contributed by atoms with Gasteiger partial charge in [-0.2, -0.15) is 0 Å². The molecule has 1 aliphatic heterocycles. The molecule has 1 N–H and O–H groups in total. The summed E-state index contributed by atoms with van der Waals surface area (Å²) in [6.45, 7) is 4.46. The number of hydrogen-bond donors (Lipinski definition) is 1. The number of methoxy groups -OCH3 is 1. The molecule has 1 saturated heterocycles. The topological polar surface area (TPSA) is 55.3 Å². The van der Waals surface area contributed by atoms with Crippen LogP contribution in [0.3, 0.4) is 0 Å². The van der Waals surface area contributed by atoms with Gasteiger partial charge in [0.15, 0.2) is 5.96 Å². The number of benzene rings is 1. The molecule has 28 heavy (non-hydrogen) atoms. The fourth-order valence-corrected chi connectivity index (χ4v) is 3.29. The summed E-state index contributed by atoms with van der Waals surface area (Å²) in [6, 6.07) is 5.36. The van der Waals surface area contributed by atoms with E-state index in [9.17, 15) is 0 Å². The Morgan fingerprint density at radius 3 is 2.64 bits per heavy atom. The standard InChI is InChI=1S/C19H29Cl2N3O3.HI/c1-22-19(23-9-14-27-17-6-3-5-16(20)18(17)21)24-10-7-15(8-11-24)26-13-4-12-25-2;/h3,5-6,15H,4,7-14H2,1-2H3,(H,22,23);1H. The smallest absolute Gasteiger partial charge is 0.193 e. The van der Waals surface area contributed by atoms with Crippen LogP contribution in [0.2, 0.25) is 10.0 Å². The molecule has 1 aromatic carbocycles. The second-order valence-corrected chi connectivity index (χ2v) is 7.06. The molecule has 1 aromatic rings. The summed E-state index contributed by atoms with van der Waals surface area (Å²) in [4.78, 5) is 6.62. The highest BCUT2D eigenvalue weighted by Gasteiger charge is 2.21. The Bertz CT molecular complexity index is 600. The molecule has 1 fully saturated rings. The van der Waals surface area contributed by atoms with Crippen LogP contribution in [-0.2, 0) is 9.47 Å². The molecule has 0 aliphatic carbocycles. The van der Waals surface area contributed by atoms with Gasteiger partial charge in [0.05, 0.1) is 17.7 Å². The van der Waals surface area contributed by atoms with Gasteiger partial charge in [-0.05, 0) is 31.4 Å². The average molecular weight is 546 g/mol. The van der Waals surface area contributed by atoms with Crippen LogP contribution in [0, 0.1) is 0 Å². The molecule has 0 unspecified atom stereocenters. The third-order valence-electron chi connectivity index (χ3n) is 4.36. The van der Waals surface area contributed by atoms with Gasteiger partial charge in [-0.15, -0.1) is 24.0 Å². The number of guanidine groups is 1. The van der Waals surface area contributed by atoms with E-state index in [2.05, 4.69) is 15.2 Å². The first kappa shape index (κ1) is 25.6. The van der Waals surface area contributed by atoms with Crippen LogP contribution < -0.4 is 10.1 Å². The lowest BCUT2D eigenvalue weighted by molar-refractivity contribution is 0.00989. The van der Waals surface area contributed by atoms with Crippen molar-refractivity contribution in [3.05, 3.63) is 28.2 Å². The molecule has 0 bridgehead atoms. The summed E-state index contributed by atoms with van der Waals surface area (Å²) in [5.41, 5.74) is 0. The lowest BCUT2D eigenvalue weighted by Gasteiger charge is -2.34. The maximum absolute atomic E-state index is 6.12. The molecule has 0 atom stereocenters. The number of rotatable bonds is 9. The van der Waals surface area contributed by atoms with Crippen LogP contribution in [0.1, 0.15) is 19.3 Å². The average Bonchev–Trinajstić information content (AvgIpc) is 2.69. The Morgan fingerprint density at radius 2 is 1.96 bits per heavy atom. The highest BCUT2D eigenvalue weighted by molar-refractivity contribution is 14.0. The van der Waals surface area contributed by atoms with Gasteiger partial charge >= 0.3 is 0 Å². The Labute approximate surface area is 194 Å². The first-order valence-electron chi connectivity index (χ1n) is 9.28. The van der Waals surface area contributed by atoms with Crippen molar-refractivity contribution in [2.45, 2.75) is 25.4 Å². The molecular formula is C19H30Cl2IN3O3. The van der Waals surface area contributed by atoms with Crippen molar-refractivity contribution in [1.29, 1.82) is 0 Å². The van der Waals surface area contributed by atoms with Gasteiger partial charge in [-0.25, -0.2) is 0 Å². The zero-order chi connectivity index (χ0) is 19.5. The van der Waals surface area contributed by atoms with E-state index in [-0.39, 0.29) is 24.0 Å². The Kier molecular flexibility index (Phi) is 13.2. The van der Waals surface area contributed by atoms with Crippen LogP contribution in [0.4, 0.5) is 0 Å². The molecule has 2 rings (SSSR count). The summed E-state index contributed by atoms with van der Waals surface area (Å²) < 4.78 is 16.6. The van der Waals surface area contributed by atoms with Crippen LogP contribution >= 0.6 is 47.2 Å². The summed E-state index contributed by atoms with van der Waals surface area (Å²) in [5.74, 6) is 1.47. The highest BCUT2D eigenvalue weighted by Crippen LogP contribution is 2.31. The van der Waals surface area contributed by atoms with Crippen molar-refractivity contribution in [2.75, 3.05) is 53.6 Å². The minimum Gasteiger partial charge on any atom is -0.490 e. The molecule has 0 spiro atoms. The second kappa shape index (κ2) is 14.5. The van der Waals surface area contributed by atoms with Gasteiger partial charge < -0.3 is 24.4 Å². The summed E-state index contributed by atoms with van der Waals surface area (Å²) in [7, 11) is 3.51. The molecule has 1 heterocycles. The van der Waals surface area contributed by atoms with E-state index in [0.717, 1.165) is 51.5 Å². The van der Waals surface area contributed by atoms with Crippen LogP contribution in [0.5, 0.6) is 5.75 Å². The molecule has 160 valence electrons. The van der Waals surface area contributed by atoms with Crippen molar-refractivity contribution in [3.8, 4) is 5.75 Å². The summed E-state index contributed by atoms with van der Waals surface area (Å²) in [5, 5.41) is 4.27. The summed E-state index contributed by atoms with van der Waals surface area (Å²) >= 11 is 12.1. The van der Waals surface area contributed by atoms with Gasteiger partial charge in [-0.1, -0.05) is 29.3 Å². The van der Waals surface area contributed by atoms with Crippen molar-refractivity contribution in [2.24, 2.45) is 4.99 Å². The van der Waals surface area contributed by atoms with Crippen LogP contribution in [0.25, 0.3) is 0 Å². The maximum atomic E-state index is 6.12. The first-order valence-corrected chi connectivity index (χ1v) is 10.0. The van der Waals surface area contributed by atoms with E-state index >= 15 is 0 Å². The fraction of sp³-hybridized carbons (Fsp3) is 0.632. The molecular weight excluding hydrogens is 516 g/mol. The lowest BCUT2D eigenvalue weighted by Crippen LogP contribution is -2.47. The summed E-state index contributed by atoms with van der Waals surface area (Å²) in [6.07, 6.45) is 3.27. The molecule has 0 aromatic heterocycles. The van der Waals surface area contributed by atoms with Crippen molar-refractivity contribution >= 4 is 53.1 Å². The van der Waals surface area contributed by atoms with E-state index in [4.69, 9.17) is 37.4 Å². The largest absolute Gasteiger partial charge is 0.490 e. The minimum absolute atomic E-state index is 0. The van der Waals surface area contributed by atoms with Gasteiger partial charge in [0.25, 0.3) is 0 Å². The van der Waals surface area contributed by atoms with Gasteiger partial charge in [0.2, 0.25) is 0 Å². The Morgan fingerprint density at radius 1 is 1.21 bits per heavy atom. The Hall–Kier alpha value is -0.480. The predicted molar refractivity (Wildman–Crippen MR) is 126 cm³/mol. The lowest BCUT2D eigenvalue weighted by atomic mass is 10.1. The van der Waals surface area contributed by atoms with E-state index in [1.807, 2.05) is 6.07 Å². The van der Waals surface area contributed by atoms with Crippen molar-refractivity contribution in [3.63, 3.8) is 0 Å². The quantitative estimate of drug-likeness (QED) is 0.219. The number of halogens is 3. The molecule has 6 nitrogen and oxygen atoms in total. The number of nitrogens with one attached hydrogen (secondary N) is 1. The zero-order valence-electron chi connectivity index (χ0n) is 16.5. The van der Waals surface area contributed by atoms with Gasteiger partial charge in [0.1, 0.15) is 17.4 Å². The molecule has 1 aliphatic rings. The van der Waals surface area contributed by atoms with Crippen LogP contribution in [0.15, 0.2) is 23.2 Å². The third kappa shape index (κ3) is 8.49. The van der Waals surface area contributed by atoms with E-state index < -0.39 is 0 Å². The third-order valence-corrected chi connectivity index (χ3v) is 5.16. The number of piperidine rings is 1. The Balaban J connectivity index is 0.00000392. The number of nitrogens with zero attached hydrogens (tertiary/aromatic N) is 2. The second-order valence-electron chi connectivity index (χ2n) is 6.28. The van der Waals surface area contributed by atoms with Gasteiger partial charge in [0, 0.05) is 40.5 Å². The SMILES string of the molecule is CN=C(NCCOc1cccc(Cl)c1Cl)N1CCC(OCCCOC)CC1.I. The van der Waals surface area contributed by atoms with E-state index in [0.29, 0.717) is 35.1 Å². The maximum Gasteiger partial charge on any atom is 0.193 e. The highest BCUT2D eigenvalue weighted by atomic mass is 127. The molecule has 0 amide bonds. The van der Waals surface area contributed by atoms with E-state index in [1.54, 1.807) is 26.3 Å². The van der Waals surface area contributed by atoms with Crippen molar-refractivity contribution < 1.29 is 14.2 Å².